The van der Waals surface area contributed by atoms with E-state index in [0.717, 1.165) is 0 Å². The lowest BCUT2D eigenvalue weighted by Crippen LogP contribution is -2.64. The van der Waals surface area contributed by atoms with Crippen molar-refractivity contribution < 1.29 is 29.5 Å². The van der Waals surface area contributed by atoms with E-state index in [9.17, 15) is 15.3 Å². The molecule has 2 aliphatic rings. The minimum atomic E-state index is -1.39. The van der Waals surface area contributed by atoms with Crippen LogP contribution in [0.15, 0.2) is 0 Å². The third-order valence-electron chi connectivity index (χ3n) is 2.67. The Morgan fingerprint density at radius 3 is 2.47 bits per heavy atom. The molecule has 0 aromatic rings. The molecule has 0 spiro atoms. The molecule has 88 valence electrons. The smallest absolute Gasteiger partial charge is 0.184 e. The third-order valence-corrected chi connectivity index (χ3v) is 2.67. The summed E-state index contributed by atoms with van der Waals surface area (Å²) in [7, 11) is 0. The molecule has 0 aromatic heterocycles. The first-order chi connectivity index (χ1) is 6.91. The lowest BCUT2D eigenvalue weighted by molar-refractivity contribution is -0.377. The normalized spacial score (nSPS) is 49.8. The van der Waals surface area contributed by atoms with Crippen LogP contribution in [-0.2, 0) is 14.2 Å². The Bertz CT molecular complexity index is 241. The minimum Gasteiger partial charge on any atom is -0.387 e. The predicted octanol–water partition coefficient (Wildman–Crippen LogP) is -1.42. The van der Waals surface area contributed by atoms with Gasteiger partial charge in [-0.2, -0.15) is 0 Å². The molecular formula is C9H16O6. The molecule has 0 amide bonds. The number of hydrogen-bond donors (Lipinski definition) is 3. The fourth-order valence-corrected chi connectivity index (χ4v) is 1.84. The first-order valence-electron chi connectivity index (χ1n) is 4.92. The maximum atomic E-state index is 9.70. The van der Waals surface area contributed by atoms with E-state index in [1.807, 2.05) is 0 Å². The Morgan fingerprint density at radius 2 is 1.80 bits per heavy atom. The average molecular weight is 220 g/mol. The van der Waals surface area contributed by atoms with Gasteiger partial charge in [0.2, 0.25) is 0 Å². The Labute approximate surface area is 87.4 Å². The van der Waals surface area contributed by atoms with Crippen LogP contribution in [0, 0.1) is 0 Å². The quantitative estimate of drug-likeness (QED) is 0.464. The van der Waals surface area contributed by atoms with Gasteiger partial charge in [-0.3, -0.25) is 0 Å². The summed E-state index contributed by atoms with van der Waals surface area (Å²) in [6.45, 7) is 3.65. The van der Waals surface area contributed by atoms with Gasteiger partial charge in [0.1, 0.15) is 24.4 Å². The van der Waals surface area contributed by atoms with Crippen molar-refractivity contribution in [1.29, 1.82) is 0 Å². The lowest BCUT2D eigenvalue weighted by atomic mass is 9.98. The average Bonchev–Trinajstić information content (AvgIpc) is 2.16. The molecular weight excluding hydrogens is 204 g/mol. The Kier molecular flexibility index (Phi) is 2.74. The molecule has 15 heavy (non-hydrogen) atoms. The Balaban J connectivity index is 2.12. The summed E-state index contributed by atoms with van der Waals surface area (Å²) in [5, 5.41) is 28.4. The van der Waals surface area contributed by atoms with E-state index in [2.05, 4.69) is 0 Å². The largest absolute Gasteiger partial charge is 0.387 e. The van der Waals surface area contributed by atoms with Crippen molar-refractivity contribution in [3.8, 4) is 0 Å². The first-order valence-corrected chi connectivity index (χ1v) is 4.92. The summed E-state index contributed by atoms with van der Waals surface area (Å²) in [6.07, 6.45) is -5.13. The van der Waals surface area contributed by atoms with Crippen LogP contribution in [0.4, 0.5) is 0 Å². The summed E-state index contributed by atoms with van der Waals surface area (Å²) in [6, 6.07) is 0. The van der Waals surface area contributed by atoms with Crippen molar-refractivity contribution >= 4 is 0 Å². The van der Waals surface area contributed by atoms with Crippen molar-refractivity contribution in [2.75, 3.05) is 6.61 Å². The van der Waals surface area contributed by atoms with E-state index in [-0.39, 0.29) is 6.61 Å². The maximum absolute atomic E-state index is 9.70. The van der Waals surface area contributed by atoms with E-state index in [1.54, 1.807) is 13.8 Å². The van der Waals surface area contributed by atoms with E-state index < -0.39 is 36.5 Å². The number of aliphatic hydroxyl groups is 3. The van der Waals surface area contributed by atoms with Gasteiger partial charge in [-0.1, -0.05) is 0 Å². The number of rotatable bonds is 0. The van der Waals surface area contributed by atoms with Gasteiger partial charge in [-0.25, -0.2) is 0 Å². The van der Waals surface area contributed by atoms with E-state index in [4.69, 9.17) is 14.2 Å². The fourth-order valence-electron chi connectivity index (χ4n) is 1.84. The second kappa shape index (κ2) is 3.65. The molecule has 2 fully saturated rings. The van der Waals surface area contributed by atoms with Gasteiger partial charge >= 0.3 is 0 Å². The van der Waals surface area contributed by atoms with Crippen LogP contribution in [0.3, 0.4) is 0 Å². The number of hydrogen-bond acceptors (Lipinski definition) is 6. The zero-order valence-electron chi connectivity index (χ0n) is 8.66. The molecule has 2 heterocycles. The van der Waals surface area contributed by atoms with Crippen molar-refractivity contribution in [2.45, 2.75) is 50.3 Å². The van der Waals surface area contributed by atoms with Crippen LogP contribution in [0.5, 0.6) is 0 Å². The molecule has 0 unspecified atom stereocenters. The minimum absolute atomic E-state index is 0.221. The van der Waals surface area contributed by atoms with Gasteiger partial charge in [-0.15, -0.1) is 0 Å². The zero-order valence-corrected chi connectivity index (χ0v) is 8.66. The Hall–Kier alpha value is -0.240. The van der Waals surface area contributed by atoms with Gasteiger partial charge in [0.15, 0.2) is 12.1 Å². The topological polar surface area (TPSA) is 88.4 Å². The van der Waals surface area contributed by atoms with Crippen LogP contribution in [-0.4, -0.2) is 58.4 Å². The molecule has 5 atom stereocenters. The van der Waals surface area contributed by atoms with Crippen LogP contribution in [0.25, 0.3) is 0 Å². The Morgan fingerprint density at radius 1 is 1.13 bits per heavy atom. The van der Waals surface area contributed by atoms with Crippen molar-refractivity contribution in [3.63, 3.8) is 0 Å². The monoisotopic (exact) mass is 220 g/mol. The van der Waals surface area contributed by atoms with Gasteiger partial charge in [0, 0.05) is 0 Å². The van der Waals surface area contributed by atoms with Gasteiger partial charge in [0.05, 0.1) is 6.61 Å². The summed E-state index contributed by atoms with van der Waals surface area (Å²) >= 11 is 0. The fraction of sp³-hybridized carbons (Fsp3) is 1.00. The molecule has 3 N–H and O–H groups in total. The summed E-state index contributed by atoms with van der Waals surface area (Å²) in [4.78, 5) is 0. The molecule has 0 saturated carbocycles. The van der Waals surface area contributed by atoms with Crippen molar-refractivity contribution in [1.82, 2.24) is 0 Å². The molecule has 6 nitrogen and oxygen atoms in total. The van der Waals surface area contributed by atoms with Crippen LogP contribution < -0.4 is 0 Å². The summed E-state index contributed by atoms with van der Waals surface area (Å²) in [5.41, 5.74) is 0. The van der Waals surface area contributed by atoms with Crippen LogP contribution >= 0.6 is 0 Å². The van der Waals surface area contributed by atoms with E-state index in [0.29, 0.717) is 0 Å². The van der Waals surface area contributed by atoms with Crippen molar-refractivity contribution in [3.05, 3.63) is 0 Å². The highest BCUT2D eigenvalue weighted by molar-refractivity contribution is 4.92. The highest BCUT2D eigenvalue weighted by Crippen LogP contribution is 2.31. The second-order valence-corrected chi connectivity index (χ2v) is 4.34. The molecule has 6 heteroatoms. The third kappa shape index (κ3) is 2.01. The van der Waals surface area contributed by atoms with Crippen LogP contribution in [0.1, 0.15) is 13.8 Å². The van der Waals surface area contributed by atoms with Gasteiger partial charge in [0.25, 0.3) is 0 Å². The molecule has 0 aliphatic carbocycles. The van der Waals surface area contributed by atoms with Crippen molar-refractivity contribution in [2.24, 2.45) is 0 Å². The standard InChI is InChI=1S/C9H16O6/c1-9(2)13-3-4-7(15-9)5(10)6(11)8(12)14-4/h4-8,10-12H,3H2,1-2H3/t4-,5-,6-,7+,8-/m1/s1. The van der Waals surface area contributed by atoms with Gasteiger partial charge < -0.3 is 29.5 Å². The molecule has 2 saturated heterocycles. The first kappa shape index (κ1) is 11.3. The molecule has 0 aromatic carbocycles. The predicted molar refractivity (Wildman–Crippen MR) is 47.8 cm³/mol. The van der Waals surface area contributed by atoms with E-state index in [1.165, 1.54) is 0 Å². The summed E-state index contributed by atoms with van der Waals surface area (Å²) in [5.74, 6) is -0.812. The number of aliphatic hydroxyl groups excluding tert-OH is 3. The zero-order chi connectivity index (χ0) is 11.2. The molecule has 2 aliphatic heterocycles. The highest BCUT2D eigenvalue weighted by atomic mass is 16.7. The molecule has 2 rings (SSSR count). The summed E-state index contributed by atoms with van der Waals surface area (Å²) < 4.78 is 15.8. The SMILES string of the molecule is CC1(C)OC[C@H]2O[C@@H](O)[C@H](O)[C@@H](O)[C@H]2O1. The highest BCUT2D eigenvalue weighted by Gasteiger charge is 2.49. The molecule has 0 bridgehead atoms. The maximum Gasteiger partial charge on any atom is 0.184 e. The number of ether oxygens (including phenoxy) is 3. The van der Waals surface area contributed by atoms with E-state index >= 15 is 0 Å². The lowest BCUT2D eigenvalue weighted by Gasteiger charge is -2.47. The second-order valence-electron chi connectivity index (χ2n) is 4.34. The number of fused-ring (bicyclic) bond motifs is 1. The van der Waals surface area contributed by atoms with Crippen LogP contribution in [0.2, 0.25) is 0 Å². The van der Waals surface area contributed by atoms with Gasteiger partial charge in [-0.05, 0) is 13.8 Å². The molecule has 0 radical (unpaired) electrons.